The van der Waals surface area contributed by atoms with E-state index in [4.69, 9.17) is 10.2 Å². The monoisotopic (exact) mass is 374 g/mol. The number of hydrogen-bond acceptors (Lipinski definition) is 5. The highest BCUT2D eigenvalue weighted by Crippen LogP contribution is 2.24. The zero-order valence-corrected chi connectivity index (χ0v) is 14.6. The van der Waals surface area contributed by atoms with Gasteiger partial charge >= 0.3 is 0 Å². The number of carbonyl (C=O) groups is 1. The highest BCUT2D eigenvalue weighted by Gasteiger charge is 2.14. The number of H-pyrrole nitrogens is 1. The van der Waals surface area contributed by atoms with Crippen LogP contribution in [0.25, 0.3) is 11.3 Å². The lowest BCUT2D eigenvalue weighted by Crippen LogP contribution is -2.12. The molecule has 2 aromatic heterocycles. The number of nitrogens with two attached hydrogens (primary N) is 1. The Morgan fingerprint density at radius 3 is 2.85 bits per heavy atom. The van der Waals surface area contributed by atoms with Gasteiger partial charge in [-0.25, -0.2) is 18.7 Å². The van der Waals surface area contributed by atoms with Crippen molar-refractivity contribution in [3.05, 3.63) is 60.2 Å². The summed E-state index contributed by atoms with van der Waals surface area (Å²) in [6.45, 7) is 0. The van der Waals surface area contributed by atoms with E-state index in [-0.39, 0.29) is 23.3 Å². The van der Waals surface area contributed by atoms with Crippen molar-refractivity contribution in [3.63, 3.8) is 0 Å². The Labute approximate surface area is 154 Å². The van der Waals surface area contributed by atoms with Gasteiger partial charge in [-0.2, -0.15) is 0 Å². The van der Waals surface area contributed by atoms with Crippen molar-refractivity contribution in [2.24, 2.45) is 5.73 Å². The molecule has 0 saturated carbocycles. The van der Waals surface area contributed by atoms with Crippen LogP contribution in [-0.4, -0.2) is 20.7 Å². The van der Waals surface area contributed by atoms with Crippen LogP contribution in [0.1, 0.15) is 54.7 Å². The molecule has 3 N–H and O–H groups in total. The van der Waals surface area contributed by atoms with Gasteiger partial charge in [0.2, 0.25) is 5.78 Å². The molecule has 27 heavy (non-hydrogen) atoms. The average Bonchev–Trinajstić information content (AvgIpc) is 3.35. The van der Waals surface area contributed by atoms with Crippen molar-refractivity contribution in [3.8, 4) is 11.3 Å². The fraction of sp³-hybridized carbons (Fsp3) is 0.316. The minimum atomic E-state index is -0.532. The van der Waals surface area contributed by atoms with E-state index in [1.807, 2.05) is 0 Å². The highest BCUT2D eigenvalue weighted by atomic mass is 19.1. The first kappa shape index (κ1) is 18.9. The van der Waals surface area contributed by atoms with Crippen LogP contribution in [0.15, 0.2) is 41.3 Å². The minimum absolute atomic E-state index is 0.114. The summed E-state index contributed by atoms with van der Waals surface area (Å²) in [6.07, 6.45) is 7.65. The molecule has 3 rings (SSSR count). The smallest absolute Gasteiger partial charge is 0.263 e. The van der Waals surface area contributed by atoms with Gasteiger partial charge in [-0.1, -0.05) is 12.8 Å². The molecule has 6 nitrogen and oxygen atoms in total. The number of hydrogen-bond donors (Lipinski definition) is 2. The van der Waals surface area contributed by atoms with E-state index in [2.05, 4.69) is 15.0 Å². The van der Waals surface area contributed by atoms with Gasteiger partial charge in [0.25, 0.3) is 5.89 Å². The van der Waals surface area contributed by atoms with Gasteiger partial charge in [0.15, 0.2) is 0 Å². The molecule has 142 valence electrons. The standard InChI is InChI=1S/C19H20F2N4O2/c20-12-6-7-14(21)13(10-12)16-11-24-18(25-16)15(22)4-2-1-3-5-17(26)19-23-8-9-27-19/h6-11,15H,1-5,22H2,(H,24,25). The highest BCUT2D eigenvalue weighted by molar-refractivity contribution is 5.91. The molecule has 0 spiro atoms. The average molecular weight is 374 g/mol. The molecule has 3 aromatic rings. The zero-order chi connectivity index (χ0) is 19.2. The number of rotatable bonds is 9. The number of halogens is 2. The first-order valence-electron chi connectivity index (χ1n) is 8.73. The van der Waals surface area contributed by atoms with Crippen molar-refractivity contribution in [1.82, 2.24) is 15.0 Å². The van der Waals surface area contributed by atoms with Crippen LogP contribution >= 0.6 is 0 Å². The number of ketones is 1. The maximum atomic E-state index is 13.8. The Hall–Kier alpha value is -2.87. The van der Waals surface area contributed by atoms with E-state index in [0.29, 0.717) is 30.8 Å². The second-order valence-electron chi connectivity index (χ2n) is 6.27. The van der Waals surface area contributed by atoms with Gasteiger partial charge in [0.05, 0.1) is 24.1 Å². The Kier molecular flexibility index (Phi) is 6.08. The number of nitrogens with zero attached hydrogens (tertiary/aromatic N) is 2. The summed E-state index contributed by atoms with van der Waals surface area (Å²) in [5.41, 5.74) is 6.62. The van der Waals surface area contributed by atoms with Gasteiger partial charge in [0.1, 0.15) is 23.7 Å². The first-order valence-corrected chi connectivity index (χ1v) is 8.73. The molecule has 8 heteroatoms. The van der Waals surface area contributed by atoms with Crippen LogP contribution in [-0.2, 0) is 0 Å². The molecule has 0 fully saturated rings. The van der Waals surface area contributed by atoms with E-state index in [1.54, 1.807) is 0 Å². The molecule has 0 aliphatic rings. The molecule has 2 heterocycles. The Bertz CT molecular complexity index is 893. The molecule has 0 aliphatic carbocycles. The van der Waals surface area contributed by atoms with Gasteiger partial charge in [-0.3, -0.25) is 4.79 Å². The molecular formula is C19H20F2N4O2. The topological polar surface area (TPSA) is 97.8 Å². The van der Waals surface area contributed by atoms with Crippen LogP contribution in [0.3, 0.4) is 0 Å². The van der Waals surface area contributed by atoms with Gasteiger partial charge < -0.3 is 15.1 Å². The van der Waals surface area contributed by atoms with Gasteiger partial charge in [-0.05, 0) is 31.0 Å². The normalized spacial score (nSPS) is 12.3. The molecule has 1 atom stereocenters. The summed E-state index contributed by atoms with van der Waals surface area (Å²) >= 11 is 0. The van der Waals surface area contributed by atoms with E-state index in [0.717, 1.165) is 31.0 Å². The quantitative estimate of drug-likeness (QED) is 0.433. The number of aromatic amines is 1. The van der Waals surface area contributed by atoms with Crippen molar-refractivity contribution in [2.75, 3.05) is 0 Å². The van der Waals surface area contributed by atoms with E-state index >= 15 is 0 Å². The molecular weight excluding hydrogens is 354 g/mol. The Morgan fingerprint density at radius 1 is 1.22 bits per heavy atom. The van der Waals surface area contributed by atoms with Crippen LogP contribution < -0.4 is 5.73 Å². The number of aromatic nitrogens is 3. The summed E-state index contributed by atoms with van der Waals surface area (Å²) in [4.78, 5) is 22.7. The molecule has 1 unspecified atom stereocenters. The van der Waals surface area contributed by atoms with Gasteiger partial charge in [0, 0.05) is 12.0 Å². The number of unbranched alkanes of at least 4 members (excludes halogenated alkanes) is 2. The number of oxazole rings is 1. The maximum absolute atomic E-state index is 13.8. The lowest BCUT2D eigenvalue weighted by atomic mass is 10.1. The fourth-order valence-electron chi connectivity index (χ4n) is 2.80. The third-order valence-corrected chi connectivity index (χ3v) is 4.26. The van der Waals surface area contributed by atoms with Crippen molar-refractivity contribution >= 4 is 5.78 Å². The maximum Gasteiger partial charge on any atom is 0.263 e. The Balaban J connectivity index is 1.46. The summed E-state index contributed by atoms with van der Waals surface area (Å²) in [6, 6.07) is 2.90. The largest absolute Gasteiger partial charge is 0.442 e. The molecule has 0 radical (unpaired) electrons. The SMILES string of the molecule is NC(CCCCCC(=O)c1ncco1)c1ncc(-c2cc(F)ccc2F)[nH]1. The predicted molar refractivity (Wildman–Crippen MR) is 94.8 cm³/mol. The third kappa shape index (κ3) is 4.85. The van der Waals surface area contributed by atoms with E-state index in [1.165, 1.54) is 18.7 Å². The summed E-state index contributed by atoms with van der Waals surface area (Å²) in [7, 11) is 0. The van der Waals surface area contributed by atoms with Crippen LogP contribution in [0.2, 0.25) is 0 Å². The molecule has 1 aromatic carbocycles. The van der Waals surface area contributed by atoms with Crippen LogP contribution in [0.5, 0.6) is 0 Å². The van der Waals surface area contributed by atoms with E-state index < -0.39 is 11.6 Å². The summed E-state index contributed by atoms with van der Waals surface area (Å²) in [5, 5.41) is 0. The van der Waals surface area contributed by atoms with Crippen LogP contribution in [0.4, 0.5) is 8.78 Å². The first-order chi connectivity index (χ1) is 13.0. The lowest BCUT2D eigenvalue weighted by Gasteiger charge is -2.08. The second-order valence-corrected chi connectivity index (χ2v) is 6.27. The third-order valence-electron chi connectivity index (χ3n) is 4.26. The molecule has 0 saturated heterocycles. The van der Waals surface area contributed by atoms with Crippen molar-refractivity contribution in [1.29, 1.82) is 0 Å². The second kappa shape index (κ2) is 8.68. The van der Waals surface area contributed by atoms with Crippen molar-refractivity contribution in [2.45, 2.75) is 38.1 Å². The molecule has 0 aliphatic heterocycles. The number of carbonyl (C=O) groups excluding carboxylic acids is 1. The number of Topliss-reactive ketones (excluding diaryl/α,β-unsaturated/α-hetero) is 1. The van der Waals surface area contributed by atoms with Crippen molar-refractivity contribution < 1.29 is 18.0 Å². The van der Waals surface area contributed by atoms with E-state index in [9.17, 15) is 13.6 Å². The number of nitrogens with one attached hydrogen (secondary N) is 1. The van der Waals surface area contributed by atoms with Gasteiger partial charge in [-0.15, -0.1) is 0 Å². The van der Waals surface area contributed by atoms with Crippen LogP contribution in [0, 0.1) is 11.6 Å². The number of imidazole rings is 1. The zero-order valence-electron chi connectivity index (χ0n) is 14.6. The fourth-order valence-corrected chi connectivity index (χ4v) is 2.80. The molecule has 0 amide bonds. The lowest BCUT2D eigenvalue weighted by molar-refractivity contribution is 0.0945. The predicted octanol–water partition coefficient (Wildman–Crippen LogP) is 4.18. The summed E-state index contributed by atoms with van der Waals surface area (Å²) in [5.74, 6) is -0.511. The summed E-state index contributed by atoms with van der Waals surface area (Å²) < 4.78 is 32.1. The number of benzene rings is 1. The Morgan fingerprint density at radius 2 is 2.07 bits per heavy atom. The molecule has 0 bridgehead atoms. The minimum Gasteiger partial charge on any atom is -0.442 e.